The van der Waals surface area contributed by atoms with Crippen LogP contribution in [0, 0.1) is 11.8 Å². The lowest BCUT2D eigenvalue weighted by Gasteiger charge is -1.99. The van der Waals surface area contributed by atoms with Crippen LogP contribution in [0.4, 0.5) is 0 Å². The van der Waals surface area contributed by atoms with Gasteiger partial charge in [0.05, 0.1) is 0 Å². The Morgan fingerprint density at radius 1 is 0.850 bits per heavy atom. The molecule has 0 aromatic carbocycles. The highest BCUT2D eigenvalue weighted by atomic mass is 14.2. The first kappa shape index (κ1) is 24.3. The smallest absolute Gasteiger partial charge is 0.0417 e. The van der Waals surface area contributed by atoms with Crippen molar-refractivity contribution in [2.24, 2.45) is 11.8 Å². The van der Waals surface area contributed by atoms with E-state index in [1.807, 2.05) is 6.92 Å². The fourth-order valence-corrected chi connectivity index (χ4v) is 2.55. The van der Waals surface area contributed by atoms with E-state index in [2.05, 4.69) is 46.7 Å². The molecule has 0 spiro atoms. The summed E-state index contributed by atoms with van der Waals surface area (Å²) in [6.45, 7) is 21.9. The van der Waals surface area contributed by atoms with Gasteiger partial charge < -0.3 is 0 Å². The van der Waals surface area contributed by atoms with E-state index in [-0.39, 0.29) is 0 Å². The highest BCUT2D eigenvalue weighted by molar-refractivity contribution is 4.64. The average Bonchev–Trinajstić information content (AvgIpc) is 3.18. The summed E-state index contributed by atoms with van der Waals surface area (Å²) in [6, 6.07) is 0. The Bertz CT molecular complexity index is 157. The van der Waals surface area contributed by atoms with Crippen molar-refractivity contribution in [1.29, 1.82) is 0 Å². The van der Waals surface area contributed by atoms with Gasteiger partial charge in [0, 0.05) is 0 Å². The highest BCUT2D eigenvalue weighted by Gasteiger charge is 2.11. The van der Waals surface area contributed by atoms with Gasteiger partial charge in [-0.25, -0.2) is 0 Å². The Morgan fingerprint density at radius 3 is 1.30 bits per heavy atom. The van der Waals surface area contributed by atoms with Gasteiger partial charge in [-0.15, -0.1) is 32.9 Å². The van der Waals surface area contributed by atoms with Crippen LogP contribution < -0.4 is 0 Å². The summed E-state index contributed by atoms with van der Waals surface area (Å²) in [6.07, 6.45) is 15.1. The van der Waals surface area contributed by atoms with Gasteiger partial charge in [0.2, 0.25) is 0 Å². The normalized spacial score (nSPS) is 16.9. The molecule has 0 saturated heterocycles. The minimum absolute atomic E-state index is 1.05. The molecule has 0 heterocycles. The molecule has 0 aromatic rings. The lowest BCUT2D eigenvalue weighted by molar-refractivity contribution is 0.531. The fraction of sp³-hybridized carbons (Fsp3) is 0.700. The number of hydrogen-bond donors (Lipinski definition) is 0. The van der Waals surface area contributed by atoms with Crippen LogP contribution in [0.2, 0.25) is 0 Å². The maximum Gasteiger partial charge on any atom is -0.0417 e. The van der Waals surface area contributed by atoms with Crippen molar-refractivity contribution in [1.82, 2.24) is 0 Å². The maximum atomic E-state index is 3.36. The molecule has 2 rings (SSSR count). The molecule has 0 heteroatoms. The molecular weight excluding hydrogens is 240 g/mol. The molecule has 2 saturated carbocycles. The quantitative estimate of drug-likeness (QED) is 0.434. The van der Waals surface area contributed by atoms with Crippen molar-refractivity contribution in [2.45, 2.75) is 78.6 Å². The van der Waals surface area contributed by atoms with Crippen molar-refractivity contribution in [3.05, 3.63) is 39.0 Å². The number of hydrogen-bond acceptors (Lipinski definition) is 0. The Labute approximate surface area is 130 Å². The largest absolute Gasteiger partial charge is 0.106 e. The average molecular weight is 281 g/mol. The van der Waals surface area contributed by atoms with E-state index in [0.717, 1.165) is 11.8 Å². The van der Waals surface area contributed by atoms with Gasteiger partial charge in [-0.05, 0) is 18.8 Å². The predicted octanol–water partition coefficient (Wildman–Crippen LogP) is 7.58. The van der Waals surface area contributed by atoms with Gasteiger partial charge in [-0.3, -0.25) is 0 Å². The molecule has 2 fully saturated rings. The minimum atomic E-state index is 1.05. The van der Waals surface area contributed by atoms with Crippen molar-refractivity contribution in [3.63, 3.8) is 0 Å². The molecular formula is C20H40. The highest BCUT2D eigenvalue weighted by Crippen LogP contribution is 2.26. The van der Waals surface area contributed by atoms with Crippen molar-refractivity contribution in [2.75, 3.05) is 0 Å². The summed E-state index contributed by atoms with van der Waals surface area (Å²) in [4.78, 5) is 0. The second kappa shape index (κ2) is 23.3. The zero-order valence-corrected chi connectivity index (χ0v) is 14.6. The van der Waals surface area contributed by atoms with Crippen LogP contribution in [0.15, 0.2) is 39.0 Å². The summed E-state index contributed by atoms with van der Waals surface area (Å²) in [5.74, 6) is 2.14. The van der Waals surface area contributed by atoms with Crippen LogP contribution in [0.3, 0.4) is 0 Å². The molecule has 0 radical (unpaired) electrons. The third kappa shape index (κ3) is 19.6. The molecule has 20 heavy (non-hydrogen) atoms. The summed E-state index contributed by atoms with van der Waals surface area (Å²) in [5.41, 5.74) is 0. The van der Waals surface area contributed by atoms with E-state index < -0.39 is 0 Å². The van der Waals surface area contributed by atoms with Gasteiger partial charge in [0.15, 0.2) is 0 Å². The maximum absolute atomic E-state index is 3.36. The van der Waals surface area contributed by atoms with Crippen LogP contribution in [0.25, 0.3) is 0 Å². The summed E-state index contributed by atoms with van der Waals surface area (Å²) >= 11 is 0. The van der Waals surface area contributed by atoms with Gasteiger partial charge in [-0.1, -0.05) is 77.7 Å². The predicted molar refractivity (Wildman–Crippen MR) is 98.3 cm³/mol. The van der Waals surface area contributed by atoms with Crippen molar-refractivity contribution < 1.29 is 0 Å². The second-order valence-corrected chi connectivity index (χ2v) is 5.36. The molecule has 0 nitrogen and oxygen atoms in total. The summed E-state index contributed by atoms with van der Waals surface area (Å²) < 4.78 is 0. The van der Waals surface area contributed by atoms with Crippen LogP contribution >= 0.6 is 0 Å². The van der Waals surface area contributed by atoms with Crippen LogP contribution in [0.5, 0.6) is 0 Å². The molecule has 0 unspecified atom stereocenters. The Kier molecular flexibility index (Phi) is 28.3. The van der Waals surface area contributed by atoms with Gasteiger partial charge in [0.25, 0.3) is 0 Å². The third-order valence-electron chi connectivity index (χ3n) is 3.70. The molecule has 0 N–H and O–H groups in total. The van der Waals surface area contributed by atoms with E-state index >= 15 is 0 Å². The SMILES string of the molecule is C=C.C=C.C=CC.CC1CCCC1.CCC1CCCC1. The first-order valence-electron chi connectivity index (χ1n) is 8.31. The zero-order chi connectivity index (χ0) is 16.2. The molecule has 2 aliphatic rings. The summed E-state index contributed by atoms with van der Waals surface area (Å²) in [7, 11) is 0. The topological polar surface area (TPSA) is 0 Å². The van der Waals surface area contributed by atoms with Crippen molar-refractivity contribution in [3.8, 4) is 0 Å². The molecule has 0 amide bonds. The Balaban J connectivity index is -0.000000203. The van der Waals surface area contributed by atoms with E-state index in [1.54, 1.807) is 6.08 Å². The van der Waals surface area contributed by atoms with E-state index in [4.69, 9.17) is 0 Å². The molecule has 0 aliphatic heterocycles. The van der Waals surface area contributed by atoms with E-state index in [1.165, 1.54) is 57.8 Å². The molecule has 2 aliphatic carbocycles. The standard InChI is InChI=1S/C7H14.C6H12.C3H6.2C2H4/c1-2-7-5-3-4-6-7;1-6-4-2-3-5-6;1-3-2;2*1-2/h7H,2-6H2,1H3;6H,2-5H2,1H3;3H,1H2,2H3;2*1-2H2. The monoisotopic (exact) mass is 280 g/mol. The van der Waals surface area contributed by atoms with Gasteiger partial charge in [0.1, 0.15) is 0 Å². The van der Waals surface area contributed by atoms with Crippen LogP contribution in [-0.2, 0) is 0 Å². The number of rotatable bonds is 1. The Hall–Kier alpha value is -0.780. The first-order valence-corrected chi connectivity index (χ1v) is 8.31. The number of allylic oxidation sites excluding steroid dienone is 1. The zero-order valence-electron chi connectivity index (χ0n) is 14.6. The van der Waals surface area contributed by atoms with Gasteiger partial charge >= 0.3 is 0 Å². The van der Waals surface area contributed by atoms with Crippen LogP contribution in [0.1, 0.15) is 78.6 Å². The lowest BCUT2D eigenvalue weighted by Crippen LogP contribution is -1.86. The second-order valence-electron chi connectivity index (χ2n) is 5.36. The fourth-order valence-electron chi connectivity index (χ4n) is 2.55. The lowest BCUT2D eigenvalue weighted by atomic mass is 10.1. The third-order valence-corrected chi connectivity index (χ3v) is 3.70. The summed E-state index contributed by atoms with van der Waals surface area (Å²) in [5, 5.41) is 0. The van der Waals surface area contributed by atoms with Gasteiger partial charge in [-0.2, -0.15) is 0 Å². The Morgan fingerprint density at radius 2 is 1.15 bits per heavy atom. The molecule has 120 valence electrons. The van der Waals surface area contributed by atoms with E-state index in [0.29, 0.717) is 0 Å². The van der Waals surface area contributed by atoms with E-state index in [9.17, 15) is 0 Å². The first-order chi connectivity index (χ1) is 9.74. The molecule has 0 aromatic heterocycles. The van der Waals surface area contributed by atoms with Crippen molar-refractivity contribution >= 4 is 0 Å². The minimum Gasteiger partial charge on any atom is -0.106 e. The molecule has 0 bridgehead atoms. The molecule has 0 atom stereocenters. The van der Waals surface area contributed by atoms with Crippen LogP contribution in [-0.4, -0.2) is 0 Å².